The summed E-state index contributed by atoms with van der Waals surface area (Å²) in [6.07, 6.45) is 3.25. The van der Waals surface area contributed by atoms with Crippen molar-refractivity contribution in [3.05, 3.63) is 0 Å². The summed E-state index contributed by atoms with van der Waals surface area (Å²) < 4.78 is 1.68. The van der Waals surface area contributed by atoms with Crippen LogP contribution in [0.1, 0.15) is 26.2 Å². The Morgan fingerprint density at radius 2 is 2.36 bits per heavy atom. The van der Waals surface area contributed by atoms with E-state index in [1.54, 1.807) is 16.4 Å². The Bertz CT molecular complexity index is 262. The Morgan fingerprint density at radius 3 is 2.93 bits per heavy atom. The molecule has 0 radical (unpaired) electrons. The number of rotatable bonds is 6. The highest BCUT2D eigenvalue weighted by atomic mass is 32.2. The highest BCUT2D eigenvalue weighted by Gasteiger charge is 2.03. The first-order chi connectivity index (χ1) is 6.74. The molecule has 1 aromatic rings. The number of hydrogen-bond donors (Lipinski definition) is 1. The molecule has 0 fully saturated rings. The lowest BCUT2D eigenvalue weighted by Gasteiger charge is -2.06. The molecule has 0 saturated carbocycles. The van der Waals surface area contributed by atoms with E-state index in [1.165, 1.54) is 0 Å². The van der Waals surface area contributed by atoms with Gasteiger partial charge >= 0.3 is 0 Å². The standard InChI is InChI=1S/C8H17N5S/c1-3-7(9)5-4-6-14-8-10-11-12-13(8)2/h7H,3-6,9H2,1-2H3. The molecular formula is C8H17N5S. The van der Waals surface area contributed by atoms with Crippen LogP contribution in [-0.2, 0) is 7.05 Å². The van der Waals surface area contributed by atoms with E-state index >= 15 is 0 Å². The molecule has 0 aliphatic carbocycles. The zero-order valence-electron chi connectivity index (χ0n) is 8.68. The van der Waals surface area contributed by atoms with Crippen LogP contribution in [0.3, 0.4) is 0 Å². The Morgan fingerprint density at radius 1 is 1.57 bits per heavy atom. The van der Waals surface area contributed by atoms with Crippen molar-refractivity contribution < 1.29 is 0 Å². The summed E-state index contributed by atoms with van der Waals surface area (Å²) in [5, 5.41) is 12.1. The van der Waals surface area contributed by atoms with Gasteiger partial charge in [0.05, 0.1) is 0 Å². The van der Waals surface area contributed by atoms with E-state index in [2.05, 4.69) is 22.4 Å². The van der Waals surface area contributed by atoms with Crippen LogP contribution in [-0.4, -0.2) is 32.0 Å². The maximum Gasteiger partial charge on any atom is 0.209 e. The zero-order chi connectivity index (χ0) is 10.4. The van der Waals surface area contributed by atoms with Gasteiger partial charge in [0.15, 0.2) is 0 Å². The van der Waals surface area contributed by atoms with E-state index in [4.69, 9.17) is 5.73 Å². The predicted octanol–water partition coefficient (Wildman–Crippen LogP) is 0.820. The van der Waals surface area contributed by atoms with Gasteiger partial charge in [-0.3, -0.25) is 0 Å². The van der Waals surface area contributed by atoms with Gasteiger partial charge in [0.2, 0.25) is 5.16 Å². The number of tetrazole rings is 1. The van der Waals surface area contributed by atoms with E-state index in [9.17, 15) is 0 Å². The minimum atomic E-state index is 0.341. The maximum absolute atomic E-state index is 5.81. The van der Waals surface area contributed by atoms with Crippen molar-refractivity contribution in [1.29, 1.82) is 0 Å². The number of aryl methyl sites for hydroxylation is 1. The van der Waals surface area contributed by atoms with Gasteiger partial charge in [-0.25, -0.2) is 4.68 Å². The Kier molecular flexibility index (Phi) is 4.89. The van der Waals surface area contributed by atoms with Crippen LogP contribution in [0.4, 0.5) is 0 Å². The molecule has 5 nitrogen and oxygen atoms in total. The molecule has 1 unspecified atom stereocenters. The van der Waals surface area contributed by atoms with Crippen LogP contribution in [0.2, 0.25) is 0 Å². The molecule has 0 aromatic carbocycles. The molecule has 0 aliphatic rings. The molecule has 1 atom stereocenters. The first-order valence-corrected chi connectivity index (χ1v) is 5.83. The van der Waals surface area contributed by atoms with Gasteiger partial charge in [-0.05, 0) is 29.7 Å². The van der Waals surface area contributed by atoms with Crippen molar-refractivity contribution in [3.63, 3.8) is 0 Å². The summed E-state index contributed by atoms with van der Waals surface area (Å²) in [7, 11) is 1.85. The second kappa shape index (κ2) is 5.98. The van der Waals surface area contributed by atoms with Gasteiger partial charge in [0, 0.05) is 18.8 Å². The molecule has 14 heavy (non-hydrogen) atoms. The molecular weight excluding hydrogens is 198 g/mol. The Labute approximate surface area is 88.4 Å². The lowest BCUT2D eigenvalue weighted by atomic mass is 10.1. The Hall–Kier alpha value is -0.620. The lowest BCUT2D eigenvalue weighted by Crippen LogP contribution is -2.18. The van der Waals surface area contributed by atoms with Gasteiger partial charge < -0.3 is 5.73 Å². The van der Waals surface area contributed by atoms with Crippen molar-refractivity contribution in [3.8, 4) is 0 Å². The van der Waals surface area contributed by atoms with Crippen molar-refractivity contribution in [2.75, 3.05) is 5.75 Å². The molecule has 0 spiro atoms. The van der Waals surface area contributed by atoms with Crippen LogP contribution in [0.5, 0.6) is 0 Å². The molecule has 1 aromatic heterocycles. The lowest BCUT2D eigenvalue weighted by molar-refractivity contribution is 0.589. The molecule has 80 valence electrons. The quantitative estimate of drug-likeness (QED) is 0.562. The minimum Gasteiger partial charge on any atom is -0.328 e. The number of nitrogens with two attached hydrogens (primary N) is 1. The average molecular weight is 215 g/mol. The SMILES string of the molecule is CCC(N)CCCSc1nnnn1C. The zero-order valence-corrected chi connectivity index (χ0v) is 9.50. The van der Waals surface area contributed by atoms with E-state index in [0.29, 0.717) is 6.04 Å². The highest BCUT2D eigenvalue weighted by molar-refractivity contribution is 7.99. The number of nitrogens with zero attached hydrogens (tertiary/aromatic N) is 4. The van der Waals surface area contributed by atoms with Crippen molar-refractivity contribution in [1.82, 2.24) is 20.2 Å². The third-order valence-electron chi connectivity index (χ3n) is 2.06. The monoisotopic (exact) mass is 215 g/mol. The van der Waals surface area contributed by atoms with Crippen LogP contribution >= 0.6 is 11.8 Å². The van der Waals surface area contributed by atoms with Gasteiger partial charge in [-0.15, -0.1) is 5.10 Å². The van der Waals surface area contributed by atoms with Crippen LogP contribution in [0.15, 0.2) is 5.16 Å². The maximum atomic E-state index is 5.81. The Balaban J connectivity index is 2.13. The first kappa shape index (κ1) is 11.5. The van der Waals surface area contributed by atoms with E-state index in [0.717, 1.165) is 30.2 Å². The van der Waals surface area contributed by atoms with Gasteiger partial charge in [0.25, 0.3) is 0 Å². The molecule has 1 heterocycles. The van der Waals surface area contributed by atoms with Gasteiger partial charge in [-0.2, -0.15) is 0 Å². The summed E-state index contributed by atoms with van der Waals surface area (Å²) in [5.74, 6) is 1.03. The molecule has 0 bridgehead atoms. The molecule has 1 rings (SSSR count). The molecule has 0 amide bonds. The normalized spacial score (nSPS) is 13.1. The van der Waals surface area contributed by atoms with Crippen molar-refractivity contribution >= 4 is 11.8 Å². The van der Waals surface area contributed by atoms with E-state index < -0.39 is 0 Å². The smallest absolute Gasteiger partial charge is 0.209 e. The second-order valence-electron chi connectivity index (χ2n) is 3.24. The van der Waals surface area contributed by atoms with Crippen LogP contribution in [0, 0.1) is 0 Å². The molecule has 0 saturated heterocycles. The summed E-state index contributed by atoms with van der Waals surface area (Å²) in [6.45, 7) is 2.12. The van der Waals surface area contributed by atoms with Gasteiger partial charge in [-0.1, -0.05) is 18.7 Å². The topological polar surface area (TPSA) is 69.6 Å². The van der Waals surface area contributed by atoms with Crippen molar-refractivity contribution in [2.24, 2.45) is 12.8 Å². The third-order valence-corrected chi connectivity index (χ3v) is 3.15. The van der Waals surface area contributed by atoms with E-state index in [1.807, 2.05) is 7.05 Å². The summed E-state index contributed by atoms with van der Waals surface area (Å²) in [5.41, 5.74) is 5.81. The fourth-order valence-electron chi connectivity index (χ4n) is 1.06. The van der Waals surface area contributed by atoms with Crippen LogP contribution < -0.4 is 5.73 Å². The summed E-state index contributed by atoms with van der Waals surface area (Å²) in [4.78, 5) is 0. The summed E-state index contributed by atoms with van der Waals surface area (Å²) in [6, 6.07) is 0.341. The fraction of sp³-hybridized carbons (Fsp3) is 0.875. The average Bonchev–Trinajstić information content (AvgIpc) is 2.58. The van der Waals surface area contributed by atoms with Crippen molar-refractivity contribution in [2.45, 2.75) is 37.4 Å². The van der Waals surface area contributed by atoms with E-state index in [-0.39, 0.29) is 0 Å². The minimum absolute atomic E-state index is 0.341. The second-order valence-corrected chi connectivity index (χ2v) is 4.31. The number of hydrogen-bond acceptors (Lipinski definition) is 5. The summed E-state index contributed by atoms with van der Waals surface area (Å²) >= 11 is 1.68. The van der Waals surface area contributed by atoms with Crippen LogP contribution in [0.25, 0.3) is 0 Å². The number of thioether (sulfide) groups is 1. The molecule has 6 heteroatoms. The third kappa shape index (κ3) is 3.63. The first-order valence-electron chi connectivity index (χ1n) is 4.84. The van der Waals surface area contributed by atoms with Gasteiger partial charge in [0.1, 0.15) is 0 Å². The highest BCUT2D eigenvalue weighted by Crippen LogP contribution is 2.14. The number of aromatic nitrogens is 4. The largest absolute Gasteiger partial charge is 0.328 e. The fourth-order valence-corrected chi connectivity index (χ4v) is 1.87. The molecule has 0 aliphatic heterocycles. The molecule has 2 N–H and O–H groups in total. The predicted molar refractivity (Wildman–Crippen MR) is 57.0 cm³/mol.